The summed E-state index contributed by atoms with van der Waals surface area (Å²) in [6, 6.07) is 8.91. The maximum atomic E-state index is 5.50. The average Bonchev–Trinajstić information content (AvgIpc) is 3.24. The second-order valence-corrected chi connectivity index (χ2v) is 7.10. The van der Waals surface area contributed by atoms with Gasteiger partial charge in [-0.15, -0.1) is 0 Å². The van der Waals surface area contributed by atoms with Crippen molar-refractivity contribution in [3.05, 3.63) is 42.2 Å². The van der Waals surface area contributed by atoms with Crippen LogP contribution in [0.4, 0.5) is 0 Å². The van der Waals surface area contributed by atoms with Gasteiger partial charge in [-0.05, 0) is 42.7 Å². The Bertz CT molecular complexity index is 690. The maximum Gasteiger partial charge on any atom is 0.119 e. The number of hydrogen-bond acceptors (Lipinski definition) is 5. The average molecular weight is 356 g/mol. The van der Waals surface area contributed by atoms with E-state index in [1.165, 1.54) is 18.4 Å². The van der Waals surface area contributed by atoms with Crippen molar-refractivity contribution in [2.75, 3.05) is 46.5 Å². The van der Waals surface area contributed by atoms with Gasteiger partial charge in [0.15, 0.2) is 0 Å². The summed E-state index contributed by atoms with van der Waals surface area (Å²) in [4.78, 5) is 5.19. The highest BCUT2D eigenvalue weighted by Crippen LogP contribution is 2.23. The minimum Gasteiger partial charge on any atom is -0.497 e. The summed E-state index contributed by atoms with van der Waals surface area (Å²) >= 11 is 0. The molecule has 1 aromatic carbocycles. The third kappa shape index (κ3) is 3.92. The van der Waals surface area contributed by atoms with Crippen LogP contribution in [0, 0.1) is 0 Å². The Balaban J connectivity index is 1.42. The Morgan fingerprint density at radius 1 is 1.15 bits per heavy atom. The van der Waals surface area contributed by atoms with Crippen LogP contribution in [0.2, 0.25) is 0 Å². The minimum absolute atomic E-state index is 0.711. The number of hydrogen-bond donors (Lipinski definition) is 0. The van der Waals surface area contributed by atoms with Crippen LogP contribution in [0.15, 0.2) is 36.7 Å². The lowest BCUT2D eigenvalue weighted by molar-refractivity contribution is 0.0126. The Kier molecular flexibility index (Phi) is 5.53. The molecule has 2 aliphatic rings. The number of piperazine rings is 1. The first-order valence-electron chi connectivity index (χ1n) is 9.54. The molecule has 2 aromatic rings. The number of aromatic nitrogens is 2. The molecule has 0 spiro atoms. The molecule has 0 N–H and O–H groups in total. The summed E-state index contributed by atoms with van der Waals surface area (Å²) in [7, 11) is 1.72. The molecule has 140 valence electrons. The van der Waals surface area contributed by atoms with E-state index in [0.717, 1.165) is 57.4 Å². The van der Waals surface area contributed by atoms with Crippen LogP contribution in [-0.2, 0) is 11.3 Å². The van der Waals surface area contributed by atoms with Crippen molar-refractivity contribution in [1.29, 1.82) is 0 Å². The van der Waals surface area contributed by atoms with Crippen LogP contribution in [0.1, 0.15) is 18.4 Å². The summed E-state index contributed by atoms with van der Waals surface area (Å²) in [6.45, 7) is 7.26. The predicted molar refractivity (Wildman–Crippen MR) is 101 cm³/mol. The monoisotopic (exact) mass is 356 g/mol. The van der Waals surface area contributed by atoms with E-state index in [-0.39, 0.29) is 0 Å². The standard InChI is InChI=1S/C20H28N4O2/c1-25-19-3-4-20(24-8-2-7-21-24)17(15-19)16-22-9-11-23(12-10-22)18-5-13-26-14-6-18/h2-4,7-8,15,18H,5-6,9-14,16H2,1H3. The molecule has 0 aliphatic carbocycles. The molecule has 4 rings (SSSR count). The highest BCUT2D eigenvalue weighted by molar-refractivity contribution is 5.45. The van der Waals surface area contributed by atoms with Crippen LogP contribution in [0.25, 0.3) is 5.69 Å². The molecule has 0 bridgehead atoms. The number of rotatable bonds is 5. The lowest BCUT2D eigenvalue weighted by atomic mass is 10.1. The summed E-state index contributed by atoms with van der Waals surface area (Å²) in [5.74, 6) is 0.900. The van der Waals surface area contributed by atoms with Gasteiger partial charge in [0.1, 0.15) is 5.75 Å². The van der Waals surface area contributed by atoms with Crippen LogP contribution in [0.3, 0.4) is 0 Å². The van der Waals surface area contributed by atoms with Gasteiger partial charge in [-0.25, -0.2) is 4.68 Å². The Labute approximate surface area is 155 Å². The fraction of sp³-hybridized carbons (Fsp3) is 0.550. The van der Waals surface area contributed by atoms with Gasteiger partial charge in [-0.2, -0.15) is 5.10 Å². The Morgan fingerprint density at radius 2 is 1.96 bits per heavy atom. The van der Waals surface area contributed by atoms with Crippen molar-refractivity contribution in [1.82, 2.24) is 19.6 Å². The van der Waals surface area contributed by atoms with Crippen LogP contribution in [-0.4, -0.2) is 72.1 Å². The number of methoxy groups -OCH3 is 1. The quantitative estimate of drug-likeness (QED) is 0.821. The topological polar surface area (TPSA) is 42.8 Å². The molecule has 0 unspecified atom stereocenters. The van der Waals surface area contributed by atoms with E-state index in [0.29, 0.717) is 6.04 Å². The lowest BCUT2D eigenvalue weighted by Crippen LogP contribution is -2.51. The van der Waals surface area contributed by atoms with Crippen LogP contribution >= 0.6 is 0 Å². The molecule has 0 amide bonds. The molecule has 0 atom stereocenters. The van der Waals surface area contributed by atoms with E-state index in [1.807, 2.05) is 29.2 Å². The van der Waals surface area contributed by atoms with Gasteiger partial charge in [0.05, 0.1) is 12.8 Å². The number of benzene rings is 1. The van der Waals surface area contributed by atoms with E-state index in [1.54, 1.807) is 7.11 Å². The predicted octanol–water partition coefficient (Wildman–Crippen LogP) is 2.18. The van der Waals surface area contributed by atoms with Crippen molar-refractivity contribution in [2.24, 2.45) is 0 Å². The van der Waals surface area contributed by atoms with E-state index in [4.69, 9.17) is 9.47 Å². The first kappa shape index (κ1) is 17.5. The third-order valence-corrected chi connectivity index (χ3v) is 5.55. The molecule has 0 radical (unpaired) electrons. The number of nitrogens with zero attached hydrogens (tertiary/aromatic N) is 4. The second kappa shape index (κ2) is 8.20. The SMILES string of the molecule is COc1ccc(-n2cccn2)c(CN2CCN(C3CCOCC3)CC2)c1. The normalized spacial score (nSPS) is 20.3. The van der Waals surface area contributed by atoms with Gasteiger partial charge in [0, 0.05) is 64.4 Å². The zero-order valence-electron chi connectivity index (χ0n) is 15.5. The fourth-order valence-corrected chi connectivity index (χ4v) is 4.03. The van der Waals surface area contributed by atoms with Crippen molar-refractivity contribution in [3.8, 4) is 11.4 Å². The molecule has 2 aliphatic heterocycles. The highest BCUT2D eigenvalue weighted by Gasteiger charge is 2.25. The molecule has 1 aromatic heterocycles. The molecule has 26 heavy (non-hydrogen) atoms. The minimum atomic E-state index is 0.711. The maximum absolute atomic E-state index is 5.50. The lowest BCUT2D eigenvalue weighted by Gasteiger charge is -2.40. The molecule has 0 saturated carbocycles. The van der Waals surface area contributed by atoms with Crippen molar-refractivity contribution in [2.45, 2.75) is 25.4 Å². The molecule has 6 heteroatoms. The van der Waals surface area contributed by atoms with E-state index < -0.39 is 0 Å². The van der Waals surface area contributed by atoms with Gasteiger partial charge in [-0.1, -0.05) is 0 Å². The second-order valence-electron chi connectivity index (χ2n) is 7.10. The Hall–Kier alpha value is -1.89. The zero-order valence-corrected chi connectivity index (χ0v) is 15.5. The molecule has 2 fully saturated rings. The highest BCUT2D eigenvalue weighted by atomic mass is 16.5. The Morgan fingerprint density at radius 3 is 2.65 bits per heavy atom. The molecule has 2 saturated heterocycles. The molecular formula is C20H28N4O2. The van der Waals surface area contributed by atoms with Crippen molar-refractivity contribution >= 4 is 0 Å². The summed E-state index contributed by atoms with van der Waals surface area (Å²) in [6.07, 6.45) is 6.17. The van der Waals surface area contributed by atoms with Gasteiger partial charge in [0.2, 0.25) is 0 Å². The van der Waals surface area contributed by atoms with Gasteiger partial charge < -0.3 is 9.47 Å². The van der Waals surface area contributed by atoms with E-state index in [9.17, 15) is 0 Å². The van der Waals surface area contributed by atoms with E-state index in [2.05, 4.69) is 27.0 Å². The molecular weight excluding hydrogens is 328 g/mol. The van der Waals surface area contributed by atoms with Crippen LogP contribution in [0.5, 0.6) is 5.75 Å². The first-order valence-corrected chi connectivity index (χ1v) is 9.54. The third-order valence-electron chi connectivity index (χ3n) is 5.55. The van der Waals surface area contributed by atoms with Gasteiger partial charge in [-0.3, -0.25) is 9.80 Å². The van der Waals surface area contributed by atoms with Crippen molar-refractivity contribution in [3.63, 3.8) is 0 Å². The smallest absolute Gasteiger partial charge is 0.119 e. The zero-order chi connectivity index (χ0) is 17.8. The number of ether oxygens (including phenoxy) is 2. The summed E-state index contributed by atoms with van der Waals surface area (Å²) < 4.78 is 12.9. The van der Waals surface area contributed by atoms with Gasteiger partial charge >= 0.3 is 0 Å². The van der Waals surface area contributed by atoms with Crippen molar-refractivity contribution < 1.29 is 9.47 Å². The van der Waals surface area contributed by atoms with Crippen LogP contribution < -0.4 is 4.74 Å². The molecule has 6 nitrogen and oxygen atoms in total. The van der Waals surface area contributed by atoms with E-state index >= 15 is 0 Å². The first-order chi connectivity index (χ1) is 12.8. The fourth-order valence-electron chi connectivity index (χ4n) is 4.03. The summed E-state index contributed by atoms with van der Waals surface area (Å²) in [5.41, 5.74) is 2.38. The van der Waals surface area contributed by atoms with Gasteiger partial charge in [0.25, 0.3) is 0 Å². The summed E-state index contributed by atoms with van der Waals surface area (Å²) in [5, 5.41) is 4.41. The molecule has 3 heterocycles. The largest absolute Gasteiger partial charge is 0.497 e.